The van der Waals surface area contributed by atoms with Gasteiger partial charge in [-0.1, -0.05) is 0 Å². The summed E-state index contributed by atoms with van der Waals surface area (Å²) in [7, 11) is 1.26. The number of halogens is 2. The fourth-order valence-electron chi connectivity index (χ4n) is 3.15. The Morgan fingerprint density at radius 1 is 1.24 bits per heavy atom. The van der Waals surface area contributed by atoms with E-state index in [-0.39, 0.29) is 35.1 Å². The highest BCUT2D eigenvalue weighted by molar-refractivity contribution is 5.98. The molecule has 0 spiro atoms. The molecule has 2 bridgehead atoms. The maximum absolute atomic E-state index is 14.0. The summed E-state index contributed by atoms with van der Waals surface area (Å²) < 4.78 is 37.9. The van der Waals surface area contributed by atoms with Gasteiger partial charge in [0.2, 0.25) is 5.82 Å². The number of ketones is 1. The minimum Gasteiger partial charge on any atom is -0.494 e. The van der Waals surface area contributed by atoms with Crippen LogP contribution in [-0.2, 0) is 4.74 Å². The van der Waals surface area contributed by atoms with Crippen molar-refractivity contribution in [2.24, 2.45) is 5.92 Å². The third kappa shape index (κ3) is 2.65. The van der Waals surface area contributed by atoms with E-state index in [2.05, 4.69) is 5.32 Å². The van der Waals surface area contributed by atoms with Gasteiger partial charge < -0.3 is 14.8 Å². The molecule has 2 unspecified atom stereocenters. The molecule has 0 radical (unpaired) electrons. The van der Waals surface area contributed by atoms with E-state index in [1.165, 1.54) is 19.2 Å². The second-order valence-corrected chi connectivity index (χ2v) is 5.57. The number of methoxy groups -OCH3 is 1. The zero-order valence-corrected chi connectivity index (χ0v) is 11.7. The van der Waals surface area contributed by atoms with Crippen molar-refractivity contribution in [2.75, 3.05) is 20.3 Å². The Morgan fingerprint density at radius 3 is 2.52 bits per heavy atom. The molecule has 2 aliphatic heterocycles. The molecule has 0 aliphatic carbocycles. The Balaban J connectivity index is 1.84. The molecule has 114 valence electrons. The SMILES string of the molecule is COc1ccc(C(=O)C2CC3COCC(C2)N3)c(F)c1F. The van der Waals surface area contributed by atoms with Crippen molar-refractivity contribution in [1.82, 2.24) is 5.32 Å². The molecule has 6 heteroatoms. The summed E-state index contributed by atoms with van der Waals surface area (Å²) in [5, 5.41) is 3.37. The average Bonchev–Trinajstić information content (AvgIpc) is 2.49. The van der Waals surface area contributed by atoms with Crippen molar-refractivity contribution in [2.45, 2.75) is 24.9 Å². The van der Waals surface area contributed by atoms with Crippen LogP contribution in [0.15, 0.2) is 12.1 Å². The van der Waals surface area contributed by atoms with Gasteiger partial charge in [0.05, 0.1) is 25.9 Å². The summed E-state index contributed by atoms with van der Waals surface area (Å²) >= 11 is 0. The highest BCUT2D eigenvalue weighted by Crippen LogP contribution is 2.30. The molecular formula is C15H17F2NO3. The molecule has 21 heavy (non-hydrogen) atoms. The number of hydrogen-bond donors (Lipinski definition) is 1. The van der Waals surface area contributed by atoms with Crippen molar-refractivity contribution in [1.29, 1.82) is 0 Å². The fourth-order valence-corrected chi connectivity index (χ4v) is 3.15. The number of carbonyl (C=O) groups is 1. The van der Waals surface area contributed by atoms with E-state index in [1.807, 2.05) is 0 Å². The summed E-state index contributed by atoms with van der Waals surface area (Å²) in [6, 6.07) is 2.81. The van der Waals surface area contributed by atoms with Crippen LogP contribution in [0.4, 0.5) is 8.78 Å². The summed E-state index contributed by atoms with van der Waals surface area (Å²) in [6.07, 6.45) is 1.17. The Kier molecular flexibility index (Phi) is 3.91. The first-order valence-electron chi connectivity index (χ1n) is 7.00. The second kappa shape index (κ2) is 5.69. The van der Waals surface area contributed by atoms with Crippen LogP contribution in [0.1, 0.15) is 23.2 Å². The first-order chi connectivity index (χ1) is 10.1. The molecule has 4 nitrogen and oxygen atoms in total. The first-order valence-corrected chi connectivity index (χ1v) is 7.00. The number of carbonyl (C=O) groups excluding carboxylic acids is 1. The lowest BCUT2D eigenvalue weighted by Crippen LogP contribution is -2.55. The van der Waals surface area contributed by atoms with Crippen LogP contribution in [0, 0.1) is 17.6 Å². The standard InChI is InChI=1S/C15H17F2NO3/c1-20-12-3-2-11(13(16)14(12)17)15(19)8-4-9-6-21-7-10(5-8)18-9/h2-3,8-10,18H,4-7H2,1H3. The minimum absolute atomic E-state index is 0.109. The maximum Gasteiger partial charge on any atom is 0.201 e. The largest absolute Gasteiger partial charge is 0.494 e. The fraction of sp³-hybridized carbons (Fsp3) is 0.533. The van der Waals surface area contributed by atoms with E-state index >= 15 is 0 Å². The van der Waals surface area contributed by atoms with Gasteiger partial charge in [0.1, 0.15) is 0 Å². The topological polar surface area (TPSA) is 47.6 Å². The van der Waals surface area contributed by atoms with E-state index in [0.717, 1.165) is 0 Å². The zero-order valence-electron chi connectivity index (χ0n) is 11.7. The Labute approximate surface area is 121 Å². The molecule has 0 aromatic heterocycles. The minimum atomic E-state index is -1.13. The quantitative estimate of drug-likeness (QED) is 0.866. The first kappa shape index (κ1) is 14.4. The third-order valence-corrected chi connectivity index (χ3v) is 4.15. The van der Waals surface area contributed by atoms with Crippen molar-refractivity contribution in [3.63, 3.8) is 0 Å². The summed E-state index contributed by atoms with van der Waals surface area (Å²) in [5.41, 5.74) is -0.195. The highest BCUT2D eigenvalue weighted by atomic mass is 19.2. The molecule has 0 saturated carbocycles. The van der Waals surface area contributed by atoms with Gasteiger partial charge in [-0.3, -0.25) is 4.79 Å². The molecule has 2 atom stereocenters. The number of nitrogens with one attached hydrogen (secondary N) is 1. The van der Waals surface area contributed by atoms with E-state index in [9.17, 15) is 13.6 Å². The van der Waals surface area contributed by atoms with Crippen LogP contribution >= 0.6 is 0 Å². The summed E-state index contributed by atoms with van der Waals surface area (Å²) in [4.78, 5) is 12.5. The normalized spacial score (nSPS) is 28.2. The number of Topliss-reactive ketones (excluding diaryl/α,β-unsaturated/α-hetero) is 1. The van der Waals surface area contributed by atoms with Gasteiger partial charge in [0, 0.05) is 18.0 Å². The van der Waals surface area contributed by atoms with Gasteiger partial charge in [-0.25, -0.2) is 4.39 Å². The van der Waals surface area contributed by atoms with Crippen LogP contribution < -0.4 is 10.1 Å². The lowest BCUT2D eigenvalue weighted by Gasteiger charge is -2.39. The number of morpholine rings is 1. The van der Waals surface area contributed by atoms with E-state index in [4.69, 9.17) is 9.47 Å². The number of hydrogen-bond acceptors (Lipinski definition) is 4. The van der Waals surface area contributed by atoms with Crippen molar-refractivity contribution >= 4 is 5.78 Å². The molecule has 1 aromatic carbocycles. The van der Waals surface area contributed by atoms with Gasteiger partial charge in [-0.15, -0.1) is 0 Å². The molecule has 1 N–H and O–H groups in total. The van der Waals surface area contributed by atoms with E-state index in [0.29, 0.717) is 26.1 Å². The number of ether oxygens (including phenoxy) is 2. The molecule has 2 heterocycles. The predicted octanol–water partition coefficient (Wildman–Crippen LogP) is 1.92. The molecule has 0 amide bonds. The average molecular weight is 297 g/mol. The molecular weight excluding hydrogens is 280 g/mol. The van der Waals surface area contributed by atoms with Crippen molar-refractivity contribution < 1.29 is 23.0 Å². The molecule has 1 aromatic rings. The number of piperidine rings is 1. The van der Waals surface area contributed by atoms with Crippen LogP contribution in [-0.4, -0.2) is 38.2 Å². The van der Waals surface area contributed by atoms with Crippen LogP contribution in [0.3, 0.4) is 0 Å². The second-order valence-electron chi connectivity index (χ2n) is 5.57. The lowest BCUT2D eigenvalue weighted by atomic mass is 9.82. The van der Waals surface area contributed by atoms with Gasteiger partial charge in [0.15, 0.2) is 17.3 Å². The summed E-state index contributed by atoms with van der Waals surface area (Å²) in [6.45, 7) is 1.11. The van der Waals surface area contributed by atoms with Crippen molar-refractivity contribution in [3.05, 3.63) is 29.3 Å². The Morgan fingerprint density at radius 2 is 1.90 bits per heavy atom. The molecule has 3 rings (SSSR count). The maximum atomic E-state index is 14.0. The van der Waals surface area contributed by atoms with Crippen LogP contribution in [0.25, 0.3) is 0 Å². The number of rotatable bonds is 3. The Bertz CT molecular complexity index is 552. The van der Waals surface area contributed by atoms with Crippen LogP contribution in [0.2, 0.25) is 0 Å². The smallest absolute Gasteiger partial charge is 0.201 e. The van der Waals surface area contributed by atoms with E-state index in [1.54, 1.807) is 0 Å². The van der Waals surface area contributed by atoms with Gasteiger partial charge in [0.25, 0.3) is 0 Å². The monoisotopic (exact) mass is 297 g/mol. The predicted molar refractivity (Wildman–Crippen MR) is 71.5 cm³/mol. The summed E-state index contributed by atoms with van der Waals surface area (Å²) in [5.74, 6) is -3.07. The Hall–Kier alpha value is -1.53. The molecule has 2 fully saturated rings. The van der Waals surface area contributed by atoms with Crippen LogP contribution in [0.5, 0.6) is 5.75 Å². The molecule has 2 aliphatic rings. The third-order valence-electron chi connectivity index (χ3n) is 4.15. The van der Waals surface area contributed by atoms with Gasteiger partial charge >= 0.3 is 0 Å². The lowest BCUT2D eigenvalue weighted by molar-refractivity contribution is 0.00944. The molecule has 2 saturated heterocycles. The van der Waals surface area contributed by atoms with E-state index < -0.39 is 11.6 Å². The highest BCUT2D eigenvalue weighted by Gasteiger charge is 2.36. The van der Waals surface area contributed by atoms with Gasteiger partial charge in [-0.2, -0.15) is 4.39 Å². The zero-order chi connectivity index (χ0) is 15.0. The van der Waals surface area contributed by atoms with Gasteiger partial charge in [-0.05, 0) is 25.0 Å². The van der Waals surface area contributed by atoms with Crippen molar-refractivity contribution in [3.8, 4) is 5.75 Å². The number of benzene rings is 1. The number of fused-ring (bicyclic) bond motifs is 2.